The topological polar surface area (TPSA) is 140 Å². The molecule has 0 spiro atoms. The Morgan fingerprint density at radius 1 is 1.40 bits per heavy atom. The highest BCUT2D eigenvalue weighted by atomic mass is 127. The third kappa shape index (κ3) is 3.51. The number of halogens is 1. The zero-order valence-corrected chi connectivity index (χ0v) is 20.0. The van der Waals surface area contributed by atoms with Crippen LogP contribution in [0.15, 0.2) is 34.5 Å². The number of amides is 1. The van der Waals surface area contributed by atoms with Crippen LogP contribution >= 0.6 is 57.5 Å². The minimum atomic E-state index is -1.76. The summed E-state index contributed by atoms with van der Waals surface area (Å²) in [5, 5.41) is 12.1. The number of thiazole rings is 1. The third-order valence-corrected chi connectivity index (χ3v) is 10.5. The van der Waals surface area contributed by atoms with Gasteiger partial charge in [0, 0.05) is 13.8 Å². The van der Waals surface area contributed by atoms with Crippen LogP contribution in [-0.2, 0) is 20.8 Å². The van der Waals surface area contributed by atoms with Crippen LogP contribution in [0.2, 0.25) is 0 Å². The first-order valence-electron chi connectivity index (χ1n) is 8.82. The number of carbonyl (C=O) groups excluding carboxylic acids is 2. The van der Waals surface area contributed by atoms with Crippen LogP contribution in [0, 0.1) is 3.57 Å². The fourth-order valence-corrected chi connectivity index (χ4v) is 7.79. The Bertz CT molecular complexity index is 1050. The zero-order chi connectivity index (χ0) is 21.7. The van der Waals surface area contributed by atoms with Crippen molar-refractivity contribution in [1.82, 2.24) is 9.88 Å². The van der Waals surface area contributed by atoms with Crippen molar-refractivity contribution >= 4 is 80.2 Å². The first-order valence-corrected chi connectivity index (χ1v) is 12.5. The molecule has 12 heteroatoms. The standard InChI is InChI=1S/C18H17IN4O4S3/c19-10-3-1-2-4-11(10)29-17(15(26)27)8-23-13(25)6-14(23)30-18(17,21)12(24)5-9-7-28-16(20)22-9/h1-4,7,14H,5-6,8,21H2,(H2,20,22)(H,26,27)/t14-,17?,18?/m1/s1. The zero-order valence-electron chi connectivity index (χ0n) is 15.4. The monoisotopic (exact) mass is 576 g/mol. The number of nitrogens with zero attached hydrogens (tertiary/aromatic N) is 2. The van der Waals surface area contributed by atoms with Gasteiger partial charge in [-0.3, -0.25) is 14.4 Å². The minimum Gasteiger partial charge on any atom is -0.480 e. The number of rotatable bonds is 6. The van der Waals surface area contributed by atoms with E-state index in [0.717, 1.165) is 27.1 Å². The predicted octanol–water partition coefficient (Wildman–Crippen LogP) is 2.02. The molecule has 2 aromatic rings. The van der Waals surface area contributed by atoms with E-state index in [9.17, 15) is 19.5 Å². The normalized spacial score (nSPS) is 28.0. The van der Waals surface area contributed by atoms with Crippen molar-refractivity contribution in [3.63, 3.8) is 0 Å². The van der Waals surface area contributed by atoms with Crippen molar-refractivity contribution in [1.29, 1.82) is 0 Å². The first-order chi connectivity index (χ1) is 14.2. The highest BCUT2D eigenvalue weighted by Gasteiger charge is 2.67. The van der Waals surface area contributed by atoms with Gasteiger partial charge in [0.1, 0.15) is 0 Å². The van der Waals surface area contributed by atoms with Crippen molar-refractivity contribution in [3.8, 4) is 0 Å². The fraction of sp³-hybridized carbons (Fsp3) is 0.333. The van der Waals surface area contributed by atoms with Crippen LogP contribution < -0.4 is 11.5 Å². The molecule has 1 amide bonds. The quantitative estimate of drug-likeness (QED) is 0.348. The summed E-state index contributed by atoms with van der Waals surface area (Å²) in [5.74, 6) is -1.81. The maximum atomic E-state index is 13.4. The molecule has 2 aliphatic rings. The fourth-order valence-electron chi connectivity index (χ4n) is 3.47. The highest BCUT2D eigenvalue weighted by Crippen LogP contribution is 2.55. The molecule has 3 heterocycles. The van der Waals surface area contributed by atoms with Gasteiger partial charge in [0.2, 0.25) is 5.91 Å². The number of carboxylic acids is 1. The molecule has 0 saturated carbocycles. The van der Waals surface area contributed by atoms with E-state index in [-0.39, 0.29) is 30.7 Å². The number of hydrogen-bond donors (Lipinski definition) is 3. The smallest absolute Gasteiger partial charge is 0.325 e. The predicted molar refractivity (Wildman–Crippen MR) is 125 cm³/mol. The van der Waals surface area contributed by atoms with Crippen LogP contribution in [0.25, 0.3) is 0 Å². The molecule has 0 aliphatic carbocycles. The number of aromatic nitrogens is 1. The molecule has 1 aromatic heterocycles. The molecule has 158 valence electrons. The number of ketones is 1. The summed E-state index contributed by atoms with van der Waals surface area (Å²) >= 11 is 5.41. The molecular formula is C18H17IN4O4S3. The van der Waals surface area contributed by atoms with Crippen LogP contribution in [0.5, 0.6) is 0 Å². The number of hydrogen-bond acceptors (Lipinski definition) is 9. The molecule has 2 aliphatic heterocycles. The summed E-state index contributed by atoms with van der Waals surface area (Å²) in [5.41, 5.74) is 12.8. The van der Waals surface area contributed by atoms with E-state index in [2.05, 4.69) is 27.6 Å². The number of fused-ring (bicyclic) bond motifs is 1. The lowest BCUT2D eigenvalue weighted by Gasteiger charge is -2.56. The first kappa shape index (κ1) is 21.9. The van der Waals surface area contributed by atoms with Gasteiger partial charge in [0.15, 0.2) is 20.5 Å². The maximum absolute atomic E-state index is 13.4. The molecule has 0 radical (unpaired) electrons. The second kappa shape index (κ2) is 7.97. The molecule has 8 nitrogen and oxygen atoms in total. The number of anilines is 1. The van der Waals surface area contributed by atoms with Gasteiger partial charge in [-0.25, -0.2) is 4.98 Å². The molecule has 2 unspecified atom stereocenters. The van der Waals surface area contributed by atoms with Gasteiger partial charge in [-0.15, -0.1) is 34.9 Å². The van der Waals surface area contributed by atoms with Gasteiger partial charge in [-0.05, 0) is 34.7 Å². The molecule has 2 fully saturated rings. The van der Waals surface area contributed by atoms with Crippen LogP contribution in [0.3, 0.4) is 0 Å². The van der Waals surface area contributed by atoms with Gasteiger partial charge in [-0.1, -0.05) is 12.1 Å². The average Bonchev–Trinajstić information content (AvgIpc) is 3.09. The summed E-state index contributed by atoms with van der Waals surface area (Å²) in [6.45, 7) is -0.143. The summed E-state index contributed by atoms with van der Waals surface area (Å²) in [6.07, 6.45) is 0.114. The summed E-state index contributed by atoms with van der Waals surface area (Å²) in [4.78, 5) is 42.8. The summed E-state index contributed by atoms with van der Waals surface area (Å²) in [7, 11) is 0. The Balaban J connectivity index is 1.77. The van der Waals surface area contributed by atoms with Crippen molar-refractivity contribution in [3.05, 3.63) is 38.9 Å². The minimum absolute atomic E-state index is 0.126. The van der Waals surface area contributed by atoms with Gasteiger partial charge in [0.25, 0.3) is 0 Å². The lowest BCUT2D eigenvalue weighted by molar-refractivity contribution is -0.150. The Morgan fingerprint density at radius 2 is 2.13 bits per heavy atom. The van der Waals surface area contributed by atoms with Gasteiger partial charge in [0.05, 0.1) is 30.5 Å². The van der Waals surface area contributed by atoms with E-state index in [1.165, 1.54) is 16.2 Å². The van der Waals surface area contributed by atoms with E-state index < -0.39 is 21.4 Å². The molecule has 5 N–H and O–H groups in total. The van der Waals surface area contributed by atoms with E-state index >= 15 is 0 Å². The Morgan fingerprint density at radius 3 is 2.73 bits per heavy atom. The lowest BCUT2D eigenvalue weighted by atomic mass is 9.90. The summed E-state index contributed by atoms with van der Waals surface area (Å²) in [6, 6.07) is 7.28. The number of nitrogen functional groups attached to an aromatic ring is 1. The van der Waals surface area contributed by atoms with E-state index in [0.29, 0.717) is 15.7 Å². The SMILES string of the molecule is Nc1nc(CC(=O)C2(N)S[C@@H]3CC(=O)N3CC2(Sc2ccccc2I)C(=O)O)cs1. The number of Topliss-reactive ketones (excluding diaryl/α,β-unsaturated/α-hetero) is 1. The molecular weight excluding hydrogens is 559 g/mol. The van der Waals surface area contributed by atoms with Gasteiger partial charge < -0.3 is 21.5 Å². The number of β-lactam (4-membered cyclic amide) rings is 1. The molecule has 0 bridgehead atoms. The average molecular weight is 576 g/mol. The maximum Gasteiger partial charge on any atom is 0.325 e. The number of thioether (sulfide) groups is 2. The third-order valence-electron chi connectivity index (χ3n) is 5.12. The second-order valence-electron chi connectivity index (χ2n) is 6.98. The number of benzene rings is 1. The molecule has 2 saturated heterocycles. The van der Waals surface area contributed by atoms with E-state index in [1.54, 1.807) is 17.5 Å². The number of nitrogens with two attached hydrogens (primary N) is 2. The highest BCUT2D eigenvalue weighted by molar-refractivity contribution is 14.1. The number of carboxylic acid groups (broad SMARTS) is 1. The summed E-state index contributed by atoms with van der Waals surface area (Å²) < 4.78 is -0.922. The van der Waals surface area contributed by atoms with Crippen molar-refractivity contribution < 1.29 is 19.5 Å². The lowest BCUT2D eigenvalue weighted by Crippen LogP contribution is -2.76. The molecule has 4 rings (SSSR count). The Labute approximate surface area is 198 Å². The number of aliphatic carboxylic acids is 1. The van der Waals surface area contributed by atoms with E-state index in [4.69, 9.17) is 11.5 Å². The van der Waals surface area contributed by atoms with Gasteiger partial charge >= 0.3 is 5.97 Å². The number of carbonyl (C=O) groups is 3. The van der Waals surface area contributed by atoms with Crippen molar-refractivity contribution in [2.24, 2.45) is 5.73 Å². The van der Waals surface area contributed by atoms with Gasteiger partial charge in [-0.2, -0.15) is 0 Å². The van der Waals surface area contributed by atoms with E-state index in [1.807, 2.05) is 12.1 Å². The largest absolute Gasteiger partial charge is 0.480 e. The van der Waals surface area contributed by atoms with Crippen molar-refractivity contribution in [2.75, 3.05) is 12.3 Å². The second-order valence-corrected chi connectivity index (χ2v) is 11.8. The molecule has 30 heavy (non-hydrogen) atoms. The Kier molecular flexibility index (Phi) is 5.81. The Hall–Kier alpha value is -1.35. The molecule has 1 aromatic carbocycles. The molecule has 3 atom stereocenters. The van der Waals surface area contributed by atoms with Crippen LogP contribution in [0.4, 0.5) is 5.13 Å². The van der Waals surface area contributed by atoms with Crippen LogP contribution in [0.1, 0.15) is 12.1 Å². The van der Waals surface area contributed by atoms with Crippen molar-refractivity contribution in [2.45, 2.75) is 32.7 Å². The van der Waals surface area contributed by atoms with Crippen LogP contribution in [-0.4, -0.2) is 54.2 Å².